The quantitative estimate of drug-likeness (QED) is 0.612. The van der Waals surface area contributed by atoms with Crippen molar-refractivity contribution in [1.29, 1.82) is 0 Å². The number of hydrogen-bond acceptors (Lipinski definition) is 5. The second-order valence-corrected chi connectivity index (χ2v) is 3.98. The van der Waals surface area contributed by atoms with Gasteiger partial charge in [0.15, 0.2) is 0 Å². The lowest BCUT2D eigenvalue weighted by Gasteiger charge is -2.14. The van der Waals surface area contributed by atoms with E-state index in [0.29, 0.717) is 37.6 Å². The average Bonchev–Trinajstić information content (AvgIpc) is 2.34. The van der Waals surface area contributed by atoms with Crippen molar-refractivity contribution in [1.82, 2.24) is 0 Å². The van der Waals surface area contributed by atoms with Crippen molar-refractivity contribution in [3.63, 3.8) is 0 Å². The van der Waals surface area contributed by atoms with Gasteiger partial charge in [-0.2, -0.15) is 0 Å². The minimum Gasteiger partial charge on any atom is -0.492 e. The van der Waals surface area contributed by atoms with Crippen molar-refractivity contribution in [3.05, 3.63) is 18.2 Å². The van der Waals surface area contributed by atoms with Crippen molar-refractivity contribution in [3.8, 4) is 5.75 Å². The van der Waals surface area contributed by atoms with Crippen molar-refractivity contribution < 1.29 is 14.6 Å². The summed E-state index contributed by atoms with van der Waals surface area (Å²) >= 11 is 0. The molecular weight excluding hydrogens is 232 g/mol. The van der Waals surface area contributed by atoms with Gasteiger partial charge in [-0.1, -0.05) is 6.07 Å². The summed E-state index contributed by atoms with van der Waals surface area (Å²) in [7, 11) is 1.57. The first kappa shape index (κ1) is 14.6. The van der Waals surface area contributed by atoms with E-state index in [9.17, 15) is 5.11 Å². The molecule has 5 heteroatoms. The third-order valence-electron chi connectivity index (χ3n) is 2.52. The van der Waals surface area contributed by atoms with E-state index in [1.165, 1.54) is 0 Å². The van der Waals surface area contributed by atoms with E-state index >= 15 is 0 Å². The molecule has 5 nitrogen and oxygen atoms in total. The lowest BCUT2D eigenvalue weighted by atomic mass is 10.2. The first-order chi connectivity index (χ1) is 8.69. The van der Waals surface area contributed by atoms with Gasteiger partial charge in [0.05, 0.1) is 30.7 Å². The van der Waals surface area contributed by atoms with Gasteiger partial charge >= 0.3 is 0 Å². The standard InChI is InChI=1S/C13H22N2O3/c1-3-18-12-6-4-5-11(13(12)14)15-8-7-10(16)9-17-2/h4-6,10,15-16H,3,7-9,14H2,1-2H3. The zero-order valence-electron chi connectivity index (χ0n) is 11.0. The largest absolute Gasteiger partial charge is 0.492 e. The van der Waals surface area contributed by atoms with Crippen LogP contribution in [0.5, 0.6) is 5.75 Å². The molecule has 0 saturated carbocycles. The van der Waals surface area contributed by atoms with Crippen LogP contribution in [0.4, 0.5) is 11.4 Å². The van der Waals surface area contributed by atoms with Gasteiger partial charge in [0, 0.05) is 13.7 Å². The Bertz CT molecular complexity index is 358. The molecule has 0 saturated heterocycles. The van der Waals surface area contributed by atoms with Crippen LogP contribution in [0.1, 0.15) is 13.3 Å². The number of aliphatic hydroxyl groups is 1. The van der Waals surface area contributed by atoms with E-state index in [1.807, 2.05) is 25.1 Å². The fourth-order valence-corrected chi connectivity index (χ4v) is 1.63. The molecule has 1 rings (SSSR count). The molecule has 0 fully saturated rings. The molecule has 0 heterocycles. The Kier molecular flexibility index (Phi) is 6.32. The Hall–Kier alpha value is -1.46. The zero-order valence-corrected chi connectivity index (χ0v) is 11.0. The number of aliphatic hydroxyl groups excluding tert-OH is 1. The second-order valence-electron chi connectivity index (χ2n) is 3.98. The Morgan fingerprint density at radius 1 is 1.44 bits per heavy atom. The summed E-state index contributed by atoms with van der Waals surface area (Å²) in [5, 5.41) is 12.7. The summed E-state index contributed by atoms with van der Waals surface area (Å²) in [4.78, 5) is 0. The Morgan fingerprint density at radius 3 is 2.89 bits per heavy atom. The molecule has 0 aromatic heterocycles. The first-order valence-corrected chi connectivity index (χ1v) is 6.11. The number of para-hydroxylation sites is 1. The number of nitrogens with one attached hydrogen (secondary N) is 1. The topological polar surface area (TPSA) is 76.7 Å². The molecule has 4 N–H and O–H groups in total. The van der Waals surface area contributed by atoms with Gasteiger partial charge < -0.3 is 25.6 Å². The maximum Gasteiger partial charge on any atom is 0.144 e. The Balaban J connectivity index is 2.49. The van der Waals surface area contributed by atoms with Gasteiger partial charge in [0.2, 0.25) is 0 Å². The molecule has 0 amide bonds. The average molecular weight is 254 g/mol. The highest BCUT2D eigenvalue weighted by atomic mass is 16.5. The maximum atomic E-state index is 9.51. The SMILES string of the molecule is CCOc1cccc(NCCC(O)COC)c1N. The van der Waals surface area contributed by atoms with Crippen molar-refractivity contribution in [2.45, 2.75) is 19.4 Å². The van der Waals surface area contributed by atoms with Gasteiger partial charge in [-0.15, -0.1) is 0 Å². The van der Waals surface area contributed by atoms with Crippen LogP contribution < -0.4 is 15.8 Å². The summed E-state index contributed by atoms with van der Waals surface area (Å²) in [5.74, 6) is 0.680. The highest BCUT2D eigenvalue weighted by Crippen LogP contribution is 2.29. The zero-order chi connectivity index (χ0) is 13.4. The van der Waals surface area contributed by atoms with Gasteiger partial charge in [-0.3, -0.25) is 0 Å². The number of anilines is 2. The minimum atomic E-state index is -0.459. The Labute approximate surface area is 108 Å². The van der Waals surface area contributed by atoms with Gasteiger partial charge in [0.1, 0.15) is 5.75 Å². The van der Waals surface area contributed by atoms with Crippen LogP contribution in [0.15, 0.2) is 18.2 Å². The molecular formula is C13H22N2O3. The van der Waals surface area contributed by atoms with Crippen molar-refractivity contribution >= 4 is 11.4 Å². The summed E-state index contributed by atoms with van der Waals surface area (Å²) < 4.78 is 10.3. The summed E-state index contributed by atoms with van der Waals surface area (Å²) in [6, 6.07) is 5.61. The molecule has 1 unspecified atom stereocenters. The predicted molar refractivity (Wildman–Crippen MR) is 73.0 cm³/mol. The van der Waals surface area contributed by atoms with Gasteiger partial charge in [-0.25, -0.2) is 0 Å². The lowest BCUT2D eigenvalue weighted by molar-refractivity contribution is 0.0615. The number of rotatable bonds is 8. The molecule has 0 aliphatic rings. The van der Waals surface area contributed by atoms with Crippen molar-refractivity contribution in [2.75, 3.05) is 37.9 Å². The molecule has 0 bridgehead atoms. The number of hydrogen-bond donors (Lipinski definition) is 3. The van der Waals surface area contributed by atoms with Crippen LogP contribution in [-0.4, -0.2) is 38.1 Å². The third-order valence-corrected chi connectivity index (χ3v) is 2.52. The predicted octanol–water partition coefficient (Wildman–Crippen LogP) is 1.48. The Morgan fingerprint density at radius 2 is 2.22 bits per heavy atom. The number of nitrogens with two attached hydrogens (primary N) is 1. The smallest absolute Gasteiger partial charge is 0.144 e. The number of benzene rings is 1. The third kappa shape index (κ3) is 4.43. The van der Waals surface area contributed by atoms with E-state index < -0.39 is 6.10 Å². The molecule has 0 aliphatic carbocycles. The van der Waals surface area contributed by atoms with Crippen LogP contribution in [0.25, 0.3) is 0 Å². The fraction of sp³-hybridized carbons (Fsp3) is 0.538. The van der Waals surface area contributed by atoms with Gasteiger partial charge in [-0.05, 0) is 25.5 Å². The van der Waals surface area contributed by atoms with Crippen LogP contribution in [0.3, 0.4) is 0 Å². The fourth-order valence-electron chi connectivity index (χ4n) is 1.63. The number of methoxy groups -OCH3 is 1. The van der Waals surface area contributed by atoms with E-state index in [-0.39, 0.29) is 0 Å². The number of nitrogen functional groups attached to an aromatic ring is 1. The second kappa shape index (κ2) is 7.79. The minimum absolute atomic E-state index is 0.343. The highest BCUT2D eigenvalue weighted by molar-refractivity contribution is 5.72. The van der Waals surface area contributed by atoms with Crippen LogP contribution in [-0.2, 0) is 4.74 Å². The normalized spacial score (nSPS) is 12.2. The molecule has 0 spiro atoms. The lowest BCUT2D eigenvalue weighted by Crippen LogP contribution is -2.18. The summed E-state index contributed by atoms with van der Waals surface area (Å²) in [5.41, 5.74) is 7.39. The molecule has 1 atom stereocenters. The molecule has 102 valence electrons. The molecule has 1 aromatic rings. The highest BCUT2D eigenvalue weighted by Gasteiger charge is 2.06. The maximum absolute atomic E-state index is 9.51. The van der Waals surface area contributed by atoms with Crippen LogP contribution in [0.2, 0.25) is 0 Å². The summed E-state index contributed by atoms with van der Waals surface area (Å²) in [6.07, 6.45) is 0.144. The molecule has 0 aliphatic heterocycles. The van der Waals surface area contributed by atoms with E-state index in [1.54, 1.807) is 7.11 Å². The van der Waals surface area contributed by atoms with E-state index in [4.69, 9.17) is 15.2 Å². The van der Waals surface area contributed by atoms with E-state index in [2.05, 4.69) is 5.32 Å². The molecule has 18 heavy (non-hydrogen) atoms. The molecule has 0 radical (unpaired) electrons. The van der Waals surface area contributed by atoms with Crippen LogP contribution in [0, 0.1) is 0 Å². The number of ether oxygens (including phenoxy) is 2. The summed E-state index contributed by atoms with van der Waals surface area (Å²) in [6.45, 7) is 3.47. The molecule has 1 aromatic carbocycles. The van der Waals surface area contributed by atoms with Gasteiger partial charge in [0.25, 0.3) is 0 Å². The van der Waals surface area contributed by atoms with Crippen molar-refractivity contribution in [2.24, 2.45) is 0 Å². The monoisotopic (exact) mass is 254 g/mol. The van der Waals surface area contributed by atoms with Crippen LogP contribution >= 0.6 is 0 Å². The first-order valence-electron chi connectivity index (χ1n) is 6.11. The van der Waals surface area contributed by atoms with E-state index in [0.717, 1.165) is 5.69 Å².